The zero-order chi connectivity index (χ0) is 12.8. The van der Waals surface area contributed by atoms with Crippen LogP contribution in [0.4, 0.5) is 0 Å². The van der Waals surface area contributed by atoms with Crippen LogP contribution < -0.4 is 5.32 Å². The summed E-state index contributed by atoms with van der Waals surface area (Å²) in [6.07, 6.45) is 8.71. The maximum atomic E-state index is 4.50. The summed E-state index contributed by atoms with van der Waals surface area (Å²) in [4.78, 5) is 8.70. The molecule has 1 unspecified atom stereocenters. The Kier molecular flexibility index (Phi) is 4.47. The molecule has 0 aliphatic heterocycles. The Morgan fingerprint density at radius 1 is 1.33 bits per heavy atom. The summed E-state index contributed by atoms with van der Waals surface area (Å²) in [6.45, 7) is 6.18. The number of hydrogen-bond acceptors (Lipinski definition) is 3. The average Bonchev–Trinajstić information content (AvgIpc) is 2.85. The summed E-state index contributed by atoms with van der Waals surface area (Å²) < 4.78 is 2.21. The summed E-state index contributed by atoms with van der Waals surface area (Å²) >= 11 is 0. The zero-order valence-corrected chi connectivity index (χ0v) is 11.0. The van der Waals surface area contributed by atoms with E-state index in [0.717, 1.165) is 30.9 Å². The van der Waals surface area contributed by atoms with Crippen LogP contribution in [0.2, 0.25) is 0 Å². The van der Waals surface area contributed by atoms with Crippen molar-refractivity contribution in [3.05, 3.63) is 48.3 Å². The first-order valence-electron chi connectivity index (χ1n) is 6.51. The SMILES string of the molecule is CCCn1ccnc1C(NCC)c1cccnc1. The smallest absolute Gasteiger partial charge is 0.130 e. The average molecular weight is 244 g/mol. The Hall–Kier alpha value is -1.68. The van der Waals surface area contributed by atoms with E-state index in [2.05, 4.69) is 39.8 Å². The van der Waals surface area contributed by atoms with Gasteiger partial charge < -0.3 is 9.88 Å². The highest BCUT2D eigenvalue weighted by Gasteiger charge is 2.17. The van der Waals surface area contributed by atoms with Gasteiger partial charge in [0, 0.05) is 31.3 Å². The molecule has 2 rings (SSSR count). The van der Waals surface area contributed by atoms with E-state index in [1.807, 2.05) is 24.7 Å². The summed E-state index contributed by atoms with van der Waals surface area (Å²) in [5.41, 5.74) is 1.16. The largest absolute Gasteiger partial charge is 0.333 e. The highest BCUT2D eigenvalue weighted by Crippen LogP contribution is 2.19. The molecule has 0 spiro atoms. The summed E-state index contributed by atoms with van der Waals surface area (Å²) in [6, 6.07) is 4.17. The molecular formula is C14H20N4. The third kappa shape index (κ3) is 2.76. The summed E-state index contributed by atoms with van der Waals surface area (Å²) in [5.74, 6) is 1.06. The molecule has 0 bridgehead atoms. The van der Waals surface area contributed by atoms with Crippen molar-refractivity contribution >= 4 is 0 Å². The van der Waals surface area contributed by atoms with Crippen molar-refractivity contribution in [3.8, 4) is 0 Å². The third-order valence-electron chi connectivity index (χ3n) is 2.90. The van der Waals surface area contributed by atoms with Crippen LogP contribution in [-0.4, -0.2) is 21.1 Å². The first kappa shape index (κ1) is 12.8. The van der Waals surface area contributed by atoms with Crippen LogP contribution >= 0.6 is 0 Å². The van der Waals surface area contributed by atoms with Crippen molar-refractivity contribution in [2.75, 3.05) is 6.54 Å². The van der Waals surface area contributed by atoms with Gasteiger partial charge in [0.05, 0.1) is 6.04 Å². The normalized spacial score (nSPS) is 12.6. The lowest BCUT2D eigenvalue weighted by Gasteiger charge is -2.19. The van der Waals surface area contributed by atoms with Gasteiger partial charge in [0.1, 0.15) is 5.82 Å². The lowest BCUT2D eigenvalue weighted by Crippen LogP contribution is -2.25. The Morgan fingerprint density at radius 3 is 2.89 bits per heavy atom. The molecule has 0 aromatic carbocycles. The van der Waals surface area contributed by atoms with E-state index in [1.54, 1.807) is 6.20 Å². The quantitative estimate of drug-likeness (QED) is 0.848. The standard InChI is InChI=1S/C14H20N4/c1-3-9-18-10-8-17-14(18)13(16-4-2)12-6-5-7-15-11-12/h5-8,10-11,13,16H,3-4,9H2,1-2H3. The lowest BCUT2D eigenvalue weighted by atomic mass is 10.1. The minimum atomic E-state index is 0.116. The number of imidazole rings is 1. The second-order valence-corrected chi connectivity index (χ2v) is 4.26. The predicted molar refractivity (Wildman–Crippen MR) is 72.3 cm³/mol. The van der Waals surface area contributed by atoms with E-state index in [0.29, 0.717) is 0 Å². The minimum absolute atomic E-state index is 0.116. The highest BCUT2D eigenvalue weighted by atomic mass is 15.1. The molecule has 0 aliphatic carbocycles. The fraction of sp³-hybridized carbons (Fsp3) is 0.429. The van der Waals surface area contributed by atoms with Gasteiger partial charge in [0.15, 0.2) is 0 Å². The Balaban J connectivity index is 2.32. The van der Waals surface area contributed by atoms with Gasteiger partial charge in [-0.25, -0.2) is 4.98 Å². The van der Waals surface area contributed by atoms with Crippen molar-refractivity contribution in [3.63, 3.8) is 0 Å². The van der Waals surface area contributed by atoms with E-state index in [1.165, 1.54) is 0 Å². The number of aryl methyl sites for hydroxylation is 1. The highest BCUT2D eigenvalue weighted by molar-refractivity contribution is 5.22. The molecule has 0 saturated carbocycles. The van der Waals surface area contributed by atoms with E-state index in [4.69, 9.17) is 0 Å². The van der Waals surface area contributed by atoms with E-state index >= 15 is 0 Å². The molecule has 18 heavy (non-hydrogen) atoms. The van der Waals surface area contributed by atoms with Crippen LogP contribution in [0.25, 0.3) is 0 Å². The van der Waals surface area contributed by atoms with Crippen LogP contribution in [0, 0.1) is 0 Å². The van der Waals surface area contributed by atoms with Crippen LogP contribution in [0.3, 0.4) is 0 Å². The fourth-order valence-electron chi connectivity index (χ4n) is 2.12. The van der Waals surface area contributed by atoms with Crippen LogP contribution in [0.15, 0.2) is 36.9 Å². The van der Waals surface area contributed by atoms with Crippen molar-refractivity contribution < 1.29 is 0 Å². The van der Waals surface area contributed by atoms with Gasteiger partial charge in [-0.15, -0.1) is 0 Å². The van der Waals surface area contributed by atoms with Crippen LogP contribution in [0.5, 0.6) is 0 Å². The lowest BCUT2D eigenvalue weighted by molar-refractivity contribution is 0.543. The van der Waals surface area contributed by atoms with Gasteiger partial charge in [-0.05, 0) is 24.6 Å². The minimum Gasteiger partial charge on any atom is -0.333 e. The van der Waals surface area contributed by atoms with Crippen molar-refractivity contribution in [2.24, 2.45) is 0 Å². The molecule has 2 aromatic rings. The Morgan fingerprint density at radius 2 is 2.22 bits per heavy atom. The molecular weight excluding hydrogens is 224 g/mol. The molecule has 2 aromatic heterocycles. The summed E-state index contributed by atoms with van der Waals surface area (Å²) in [7, 11) is 0. The fourth-order valence-corrected chi connectivity index (χ4v) is 2.12. The molecule has 4 heteroatoms. The predicted octanol–water partition coefficient (Wildman–Crippen LogP) is 2.39. The number of aromatic nitrogens is 3. The van der Waals surface area contributed by atoms with Gasteiger partial charge in [0.2, 0.25) is 0 Å². The molecule has 0 aliphatic rings. The monoisotopic (exact) mass is 244 g/mol. The maximum absolute atomic E-state index is 4.50. The van der Waals surface area contributed by atoms with E-state index in [9.17, 15) is 0 Å². The number of nitrogens with one attached hydrogen (secondary N) is 1. The Bertz CT molecular complexity index is 464. The van der Waals surface area contributed by atoms with Gasteiger partial charge in [-0.2, -0.15) is 0 Å². The number of rotatable bonds is 6. The van der Waals surface area contributed by atoms with Crippen LogP contribution in [-0.2, 0) is 6.54 Å². The van der Waals surface area contributed by atoms with Gasteiger partial charge in [0.25, 0.3) is 0 Å². The molecule has 0 fully saturated rings. The first-order chi connectivity index (χ1) is 8.86. The van der Waals surface area contributed by atoms with Gasteiger partial charge in [-0.1, -0.05) is 19.9 Å². The van der Waals surface area contributed by atoms with Crippen molar-refractivity contribution in [1.82, 2.24) is 19.9 Å². The molecule has 4 nitrogen and oxygen atoms in total. The van der Waals surface area contributed by atoms with Crippen LogP contribution in [0.1, 0.15) is 37.7 Å². The molecule has 0 amide bonds. The number of nitrogens with zero attached hydrogens (tertiary/aromatic N) is 3. The molecule has 2 heterocycles. The number of pyridine rings is 1. The maximum Gasteiger partial charge on any atom is 0.130 e. The number of hydrogen-bond donors (Lipinski definition) is 1. The van der Waals surface area contributed by atoms with E-state index in [-0.39, 0.29) is 6.04 Å². The molecule has 0 saturated heterocycles. The van der Waals surface area contributed by atoms with Crippen molar-refractivity contribution in [1.29, 1.82) is 0 Å². The Labute approximate surface area is 108 Å². The second-order valence-electron chi connectivity index (χ2n) is 4.26. The van der Waals surface area contributed by atoms with Gasteiger partial charge >= 0.3 is 0 Å². The van der Waals surface area contributed by atoms with Crippen molar-refractivity contribution in [2.45, 2.75) is 32.9 Å². The molecule has 96 valence electrons. The molecule has 0 radical (unpaired) electrons. The third-order valence-corrected chi connectivity index (χ3v) is 2.90. The molecule has 1 N–H and O–H groups in total. The van der Waals surface area contributed by atoms with E-state index < -0.39 is 0 Å². The second kappa shape index (κ2) is 6.31. The topological polar surface area (TPSA) is 42.7 Å². The molecule has 1 atom stereocenters. The first-order valence-corrected chi connectivity index (χ1v) is 6.51. The zero-order valence-electron chi connectivity index (χ0n) is 11.0. The summed E-state index contributed by atoms with van der Waals surface area (Å²) in [5, 5.41) is 3.48. The van der Waals surface area contributed by atoms with Gasteiger partial charge in [-0.3, -0.25) is 4.98 Å².